The molecular formula is C22H21NO2S. The molecule has 0 aliphatic carbocycles. The third kappa shape index (κ3) is 5.07. The van der Waals surface area contributed by atoms with Crippen LogP contribution in [0.3, 0.4) is 0 Å². The Balaban J connectivity index is 1.59. The molecule has 4 heteroatoms. The van der Waals surface area contributed by atoms with Crippen molar-refractivity contribution in [1.82, 2.24) is 5.32 Å². The van der Waals surface area contributed by atoms with E-state index in [-0.39, 0.29) is 0 Å². The summed E-state index contributed by atoms with van der Waals surface area (Å²) in [5.74, 6) is 1.64. The fourth-order valence-corrected chi connectivity index (χ4v) is 2.73. The summed E-state index contributed by atoms with van der Waals surface area (Å²) >= 11 is 5.52. The standard InChI is InChI=1S/C22H21NO2S/c1-24-20-11-5-9-18(13-20)15-23-22(26)19-10-6-12-21(14-19)25-16-17-7-3-2-4-8-17/h2-14H,15-16H2,1H3,(H,23,26). The highest BCUT2D eigenvalue weighted by atomic mass is 32.1. The SMILES string of the molecule is COc1cccc(CNC(=S)c2cccc(OCc3ccccc3)c2)c1. The molecule has 26 heavy (non-hydrogen) atoms. The van der Waals surface area contributed by atoms with Gasteiger partial charge in [-0.15, -0.1) is 0 Å². The van der Waals surface area contributed by atoms with Crippen molar-refractivity contribution in [2.45, 2.75) is 13.2 Å². The maximum atomic E-state index is 5.87. The fourth-order valence-electron chi connectivity index (χ4n) is 2.53. The highest BCUT2D eigenvalue weighted by Crippen LogP contribution is 2.16. The van der Waals surface area contributed by atoms with Gasteiger partial charge in [0.15, 0.2) is 0 Å². The molecule has 3 aromatic carbocycles. The first-order chi connectivity index (χ1) is 12.7. The van der Waals surface area contributed by atoms with Gasteiger partial charge >= 0.3 is 0 Å². The average molecular weight is 363 g/mol. The maximum Gasteiger partial charge on any atom is 0.120 e. The van der Waals surface area contributed by atoms with Crippen molar-refractivity contribution in [1.29, 1.82) is 0 Å². The van der Waals surface area contributed by atoms with E-state index in [1.54, 1.807) is 7.11 Å². The average Bonchev–Trinajstić information content (AvgIpc) is 2.71. The van der Waals surface area contributed by atoms with Crippen LogP contribution in [0.25, 0.3) is 0 Å². The molecule has 0 aliphatic rings. The van der Waals surface area contributed by atoms with E-state index < -0.39 is 0 Å². The lowest BCUT2D eigenvalue weighted by Crippen LogP contribution is -2.21. The number of ether oxygens (including phenoxy) is 2. The molecule has 3 aromatic rings. The number of methoxy groups -OCH3 is 1. The molecule has 3 nitrogen and oxygen atoms in total. The van der Waals surface area contributed by atoms with E-state index in [2.05, 4.69) is 5.32 Å². The number of hydrogen-bond donors (Lipinski definition) is 1. The summed E-state index contributed by atoms with van der Waals surface area (Å²) in [4.78, 5) is 0.693. The second-order valence-corrected chi connectivity index (χ2v) is 6.24. The molecule has 0 amide bonds. The van der Waals surface area contributed by atoms with E-state index in [0.717, 1.165) is 28.2 Å². The van der Waals surface area contributed by atoms with Crippen molar-refractivity contribution >= 4 is 17.2 Å². The minimum absolute atomic E-state index is 0.536. The molecule has 3 rings (SSSR count). The van der Waals surface area contributed by atoms with Gasteiger partial charge in [0, 0.05) is 12.1 Å². The maximum absolute atomic E-state index is 5.87. The van der Waals surface area contributed by atoms with Gasteiger partial charge in [-0.1, -0.05) is 66.8 Å². The molecule has 0 saturated heterocycles. The van der Waals surface area contributed by atoms with Crippen LogP contribution in [-0.2, 0) is 13.2 Å². The Morgan fingerprint density at radius 1 is 0.846 bits per heavy atom. The van der Waals surface area contributed by atoms with E-state index in [9.17, 15) is 0 Å². The Morgan fingerprint density at radius 2 is 1.58 bits per heavy atom. The van der Waals surface area contributed by atoms with Crippen LogP contribution in [0.5, 0.6) is 11.5 Å². The molecule has 0 fully saturated rings. The van der Waals surface area contributed by atoms with Crippen LogP contribution in [0.1, 0.15) is 16.7 Å². The van der Waals surface area contributed by atoms with Gasteiger partial charge in [0.1, 0.15) is 23.1 Å². The van der Waals surface area contributed by atoms with Crippen LogP contribution in [-0.4, -0.2) is 12.1 Å². The first-order valence-corrected chi connectivity index (χ1v) is 8.83. The second kappa shape index (κ2) is 9.02. The molecule has 0 aliphatic heterocycles. The summed E-state index contributed by atoms with van der Waals surface area (Å²) < 4.78 is 11.1. The molecule has 0 atom stereocenters. The van der Waals surface area contributed by atoms with Crippen molar-refractivity contribution in [2.24, 2.45) is 0 Å². The summed E-state index contributed by atoms with van der Waals surface area (Å²) in [6.45, 7) is 1.18. The molecule has 1 N–H and O–H groups in total. The summed E-state index contributed by atoms with van der Waals surface area (Å²) in [7, 11) is 1.66. The smallest absolute Gasteiger partial charge is 0.120 e. The molecule has 0 heterocycles. The summed E-state index contributed by atoms with van der Waals surface area (Å²) in [6.07, 6.45) is 0. The summed E-state index contributed by atoms with van der Waals surface area (Å²) in [5, 5.41) is 3.29. The van der Waals surface area contributed by atoms with Crippen LogP contribution in [0, 0.1) is 0 Å². The highest BCUT2D eigenvalue weighted by molar-refractivity contribution is 7.80. The van der Waals surface area contributed by atoms with Gasteiger partial charge in [-0.05, 0) is 35.4 Å². The van der Waals surface area contributed by atoms with Gasteiger partial charge in [0.2, 0.25) is 0 Å². The largest absolute Gasteiger partial charge is 0.497 e. The summed E-state index contributed by atoms with van der Waals surface area (Å²) in [5.41, 5.74) is 3.19. The molecule has 0 bridgehead atoms. The minimum Gasteiger partial charge on any atom is -0.497 e. The predicted molar refractivity (Wildman–Crippen MR) is 109 cm³/mol. The van der Waals surface area contributed by atoms with Gasteiger partial charge in [-0.2, -0.15) is 0 Å². The monoisotopic (exact) mass is 363 g/mol. The lowest BCUT2D eigenvalue weighted by molar-refractivity contribution is 0.306. The van der Waals surface area contributed by atoms with Crippen molar-refractivity contribution in [3.8, 4) is 11.5 Å². The van der Waals surface area contributed by atoms with Gasteiger partial charge in [0.05, 0.1) is 7.11 Å². The van der Waals surface area contributed by atoms with Crippen molar-refractivity contribution in [3.63, 3.8) is 0 Å². The van der Waals surface area contributed by atoms with Gasteiger partial charge < -0.3 is 14.8 Å². The normalized spacial score (nSPS) is 10.2. The molecule has 0 aromatic heterocycles. The van der Waals surface area contributed by atoms with Gasteiger partial charge in [0.25, 0.3) is 0 Å². The van der Waals surface area contributed by atoms with Crippen molar-refractivity contribution in [2.75, 3.05) is 7.11 Å². The Hall–Kier alpha value is -2.85. The summed E-state index contributed by atoms with van der Waals surface area (Å²) in [6, 6.07) is 25.9. The van der Waals surface area contributed by atoms with Crippen LogP contribution in [0.2, 0.25) is 0 Å². The Morgan fingerprint density at radius 3 is 2.38 bits per heavy atom. The zero-order valence-corrected chi connectivity index (χ0v) is 15.5. The van der Waals surface area contributed by atoms with Crippen LogP contribution in [0.4, 0.5) is 0 Å². The van der Waals surface area contributed by atoms with Crippen LogP contribution < -0.4 is 14.8 Å². The van der Waals surface area contributed by atoms with E-state index in [1.807, 2.05) is 78.9 Å². The van der Waals surface area contributed by atoms with Crippen LogP contribution >= 0.6 is 12.2 Å². The topological polar surface area (TPSA) is 30.5 Å². The Kier molecular flexibility index (Phi) is 6.23. The minimum atomic E-state index is 0.536. The van der Waals surface area contributed by atoms with E-state index in [0.29, 0.717) is 18.1 Å². The zero-order valence-electron chi connectivity index (χ0n) is 14.6. The van der Waals surface area contributed by atoms with Crippen molar-refractivity contribution in [3.05, 3.63) is 95.6 Å². The predicted octanol–water partition coefficient (Wildman–Crippen LogP) is 4.74. The molecule has 0 saturated carbocycles. The number of nitrogens with one attached hydrogen (secondary N) is 1. The molecule has 132 valence electrons. The quantitative estimate of drug-likeness (QED) is 0.614. The zero-order chi connectivity index (χ0) is 18.2. The first-order valence-electron chi connectivity index (χ1n) is 8.42. The number of thiocarbonyl (C=S) groups is 1. The highest BCUT2D eigenvalue weighted by Gasteiger charge is 2.04. The molecule has 0 unspecified atom stereocenters. The Bertz CT molecular complexity index is 865. The number of hydrogen-bond acceptors (Lipinski definition) is 3. The first kappa shape index (κ1) is 18.0. The third-order valence-corrected chi connectivity index (χ3v) is 4.31. The molecule has 0 spiro atoms. The van der Waals surface area contributed by atoms with Crippen LogP contribution in [0.15, 0.2) is 78.9 Å². The van der Waals surface area contributed by atoms with Crippen molar-refractivity contribution < 1.29 is 9.47 Å². The van der Waals surface area contributed by atoms with E-state index in [1.165, 1.54) is 0 Å². The third-order valence-electron chi connectivity index (χ3n) is 3.93. The van der Waals surface area contributed by atoms with E-state index >= 15 is 0 Å². The fraction of sp³-hybridized carbons (Fsp3) is 0.136. The second-order valence-electron chi connectivity index (χ2n) is 5.84. The molecular weight excluding hydrogens is 342 g/mol. The number of benzene rings is 3. The van der Waals surface area contributed by atoms with Gasteiger partial charge in [-0.25, -0.2) is 0 Å². The number of rotatable bonds is 7. The van der Waals surface area contributed by atoms with Gasteiger partial charge in [-0.3, -0.25) is 0 Å². The lowest BCUT2D eigenvalue weighted by Gasteiger charge is -2.11. The molecule has 0 radical (unpaired) electrons. The van der Waals surface area contributed by atoms with E-state index in [4.69, 9.17) is 21.7 Å². The lowest BCUT2D eigenvalue weighted by atomic mass is 10.2. The Labute approximate surface area is 159 Å².